The third-order valence-corrected chi connectivity index (χ3v) is 3.74. The number of rotatable bonds is 4. The second-order valence-corrected chi connectivity index (χ2v) is 5.55. The molecule has 1 amide bonds. The highest BCUT2D eigenvalue weighted by atomic mass is 16.2. The van der Waals surface area contributed by atoms with E-state index in [1.807, 2.05) is 68.4 Å². The first-order chi connectivity index (χ1) is 11.6. The first-order valence-electron chi connectivity index (χ1n) is 7.65. The largest absolute Gasteiger partial charge is 0.289 e. The SMILES string of the molecule is Cc1ccc(/C=N/NC(=O)c2[nH]nc(-c3ccccc3)c2C)cc1. The lowest BCUT2D eigenvalue weighted by Gasteiger charge is -2.00. The van der Waals surface area contributed by atoms with Gasteiger partial charge in [-0.15, -0.1) is 0 Å². The average Bonchev–Trinajstić information content (AvgIpc) is 2.99. The highest BCUT2D eigenvalue weighted by Gasteiger charge is 2.16. The number of carbonyl (C=O) groups excluding carboxylic acids is 1. The molecule has 1 heterocycles. The van der Waals surface area contributed by atoms with Crippen molar-refractivity contribution in [2.75, 3.05) is 0 Å². The molecule has 0 radical (unpaired) electrons. The van der Waals surface area contributed by atoms with Crippen LogP contribution in [0.3, 0.4) is 0 Å². The van der Waals surface area contributed by atoms with E-state index >= 15 is 0 Å². The van der Waals surface area contributed by atoms with Crippen LogP contribution in [0.2, 0.25) is 0 Å². The molecule has 1 aromatic heterocycles. The van der Waals surface area contributed by atoms with Crippen molar-refractivity contribution in [1.82, 2.24) is 15.6 Å². The summed E-state index contributed by atoms with van der Waals surface area (Å²) < 4.78 is 0. The molecule has 3 aromatic rings. The van der Waals surface area contributed by atoms with Crippen LogP contribution >= 0.6 is 0 Å². The average molecular weight is 318 g/mol. The van der Waals surface area contributed by atoms with Crippen molar-refractivity contribution < 1.29 is 4.79 Å². The molecule has 0 unspecified atom stereocenters. The van der Waals surface area contributed by atoms with Crippen molar-refractivity contribution >= 4 is 12.1 Å². The molecule has 0 aliphatic heterocycles. The molecular weight excluding hydrogens is 300 g/mol. The predicted molar refractivity (Wildman–Crippen MR) is 95.0 cm³/mol. The number of amides is 1. The quantitative estimate of drug-likeness (QED) is 0.571. The Hall–Kier alpha value is -3.21. The smallest absolute Gasteiger partial charge is 0.272 e. The molecular formula is C19H18N4O. The predicted octanol–water partition coefficient (Wildman–Crippen LogP) is 3.46. The Kier molecular flexibility index (Phi) is 4.52. The molecule has 0 aliphatic rings. The van der Waals surface area contributed by atoms with Gasteiger partial charge in [0.2, 0.25) is 0 Å². The third-order valence-electron chi connectivity index (χ3n) is 3.74. The lowest BCUT2D eigenvalue weighted by atomic mass is 10.1. The summed E-state index contributed by atoms with van der Waals surface area (Å²) in [6, 6.07) is 17.6. The Labute approximate surface area is 140 Å². The maximum atomic E-state index is 12.3. The lowest BCUT2D eigenvalue weighted by Crippen LogP contribution is -2.19. The van der Waals surface area contributed by atoms with Gasteiger partial charge in [-0.05, 0) is 19.4 Å². The van der Waals surface area contributed by atoms with E-state index in [0.717, 1.165) is 22.4 Å². The Morgan fingerprint density at radius 1 is 1.08 bits per heavy atom. The van der Waals surface area contributed by atoms with Crippen molar-refractivity contribution in [1.29, 1.82) is 0 Å². The van der Waals surface area contributed by atoms with Gasteiger partial charge in [-0.2, -0.15) is 10.2 Å². The monoisotopic (exact) mass is 318 g/mol. The number of benzene rings is 2. The molecule has 0 fully saturated rings. The minimum Gasteiger partial charge on any atom is -0.272 e. The zero-order valence-electron chi connectivity index (χ0n) is 13.6. The van der Waals surface area contributed by atoms with Crippen molar-refractivity contribution in [3.63, 3.8) is 0 Å². The maximum absolute atomic E-state index is 12.3. The summed E-state index contributed by atoms with van der Waals surface area (Å²) >= 11 is 0. The summed E-state index contributed by atoms with van der Waals surface area (Å²) in [7, 11) is 0. The minimum atomic E-state index is -0.314. The number of carbonyl (C=O) groups is 1. The van der Waals surface area contributed by atoms with E-state index in [4.69, 9.17) is 0 Å². The van der Waals surface area contributed by atoms with Gasteiger partial charge in [-0.25, -0.2) is 5.43 Å². The molecule has 5 heteroatoms. The normalized spacial score (nSPS) is 10.9. The molecule has 0 saturated heterocycles. The molecule has 2 aromatic carbocycles. The minimum absolute atomic E-state index is 0.314. The van der Waals surface area contributed by atoms with E-state index in [1.54, 1.807) is 6.21 Å². The van der Waals surface area contributed by atoms with Crippen LogP contribution in [0.15, 0.2) is 59.7 Å². The number of H-pyrrole nitrogens is 1. The molecule has 3 rings (SSSR count). The second kappa shape index (κ2) is 6.91. The van der Waals surface area contributed by atoms with E-state index in [2.05, 4.69) is 20.7 Å². The summed E-state index contributed by atoms with van der Waals surface area (Å²) in [5.41, 5.74) is 7.57. The van der Waals surface area contributed by atoms with Crippen molar-refractivity contribution in [3.05, 3.63) is 77.0 Å². The molecule has 0 saturated carbocycles. The zero-order valence-corrected chi connectivity index (χ0v) is 13.6. The van der Waals surface area contributed by atoms with Crippen LogP contribution < -0.4 is 5.43 Å². The van der Waals surface area contributed by atoms with Crippen molar-refractivity contribution in [2.45, 2.75) is 13.8 Å². The number of hydrogen-bond donors (Lipinski definition) is 2. The van der Waals surface area contributed by atoms with Gasteiger partial charge >= 0.3 is 0 Å². The Balaban J connectivity index is 1.72. The summed E-state index contributed by atoms with van der Waals surface area (Å²) in [6.07, 6.45) is 1.61. The second-order valence-electron chi connectivity index (χ2n) is 5.55. The van der Waals surface area contributed by atoms with E-state index in [9.17, 15) is 4.79 Å². The van der Waals surface area contributed by atoms with E-state index in [0.29, 0.717) is 5.69 Å². The van der Waals surface area contributed by atoms with Gasteiger partial charge in [0.15, 0.2) is 0 Å². The van der Waals surface area contributed by atoms with Crippen molar-refractivity contribution in [2.24, 2.45) is 5.10 Å². The lowest BCUT2D eigenvalue weighted by molar-refractivity contribution is 0.0949. The van der Waals surface area contributed by atoms with Crippen LogP contribution in [0.1, 0.15) is 27.2 Å². The van der Waals surface area contributed by atoms with Crippen LogP contribution in [0.5, 0.6) is 0 Å². The van der Waals surface area contributed by atoms with Crippen LogP contribution in [-0.2, 0) is 0 Å². The molecule has 24 heavy (non-hydrogen) atoms. The molecule has 2 N–H and O–H groups in total. The Morgan fingerprint density at radius 2 is 1.79 bits per heavy atom. The number of aryl methyl sites for hydroxylation is 1. The number of hydrogen-bond acceptors (Lipinski definition) is 3. The van der Waals surface area contributed by atoms with Gasteiger partial charge in [0.25, 0.3) is 5.91 Å². The van der Waals surface area contributed by atoms with Crippen LogP contribution in [0.25, 0.3) is 11.3 Å². The number of nitrogens with one attached hydrogen (secondary N) is 2. The van der Waals surface area contributed by atoms with Gasteiger partial charge in [0, 0.05) is 11.1 Å². The van der Waals surface area contributed by atoms with Gasteiger partial charge in [-0.1, -0.05) is 60.2 Å². The summed E-state index contributed by atoms with van der Waals surface area (Å²) in [5.74, 6) is -0.314. The van der Waals surface area contributed by atoms with Gasteiger partial charge in [-0.3, -0.25) is 9.89 Å². The maximum Gasteiger partial charge on any atom is 0.289 e. The molecule has 0 atom stereocenters. The summed E-state index contributed by atoms with van der Waals surface area (Å²) in [5, 5.41) is 11.0. The fraction of sp³-hybridized carbons (Fsp3) is 0.105. The third kappa shape index (κ3) is 3.41. The molecule has 0 aliphatic carbocycles. The van der Waals surface area contributed by atoms with Crippen LogP contribution in [-0.4, -0.2) is 22.3 Å². The Morgan fingerprint density at radius 3 is 2.50 bits per heavy atom. The number of nitrogens with zero attached hydrogens (tertiary/aromatic N) is 2. The first-order valence-corrected chi connectivity index (χ1v) is 7.65. The highest BCUT2D eigenvalue weighted by molar-refractivity contribution is 5.95. The van der Waals surface area contributed by atoms with E-state index in [1.165, 1.54) is 5.56 Å². The molecule has 0 spiro atoms. The number of aromatic amines is 1. The fourth-order valence-corrected chi connectivity index (χ4v) is 2.37. The number of aromatic nitrogens is 2. The first kappa shape index (κ1) is 15.7. The van der Waals surface area contributed by atoms with Gasteiger partial charge < -0.3 is 0 Å². The molecule has 0 bridgehead atoms. The van der Waals surface area contributed by atoms with Gasteiger partial charge in [0.1, 0.15) is 5.69 Å². The number of hydrazone groups is 1. The van der Waals surface area contributed by atoms with E-state index in [-0.39, 0.29) is 5.91 Å². The Bertz CT molecular complexity index is 864. The standard InChI is InChI=1S/C19H18N4O/c1-13-8-10-15(11-9-13)12-20-23-19(24)18-14(2)17(21-22-18)16-6-4-3-5-7-16/h3-12H,1-2H3,(H,21,22)(H,23,24)/b20-12+. The highest BCUT2D eigenvalue weighted by Crippen LogP contribution is 2.22. The zero-order chi connectivity index (χ0) is 16.9. The van der Waals surface area contributed by atoms with E-state index < -0.39 is 0 Å². The van der Waals surface area contributed by atoms with Gasteiger partial charge in [0.05, 0.1) is 11.9 Å². The summed E-state index contributed by atoms with van der Waals surface area (Å²) in [6.45, 7) is 3.89. The van der Waals surface area contributed by atoms with Crippen molar-refractivity contribution in [3.8, 4) is 11.3 Å². The molecule has 120 valence electrons. The summed E-state index contributed by atoms with van der Waals surface area (Å²) in [4.78, 5) is 12.3. The topological polar surface area (TPSA) is 70.1 Å². The fourth-order valence-electron chi connectivity index (χ4n) is 2.37. The van der Waals surface area contributed by atoms with Crippen LogP contribution in [0.4, 0.5) is 0 Å². The van der Waals surface area contributed by atoms with Crippen LogP contribution in [0, 0.1) is 13.8 Å². The molecule has 5 nitrogen and oxygen atoms in total.